The highest BCUT2D eigenvalue weighted by Gasteiger charge is 2.38. The van der Waals surface area contributed by atoms with Gasteiger partial charge in [0.1, 0.15) is 5.75 Å². The standard InChI is InChI=1S/C24H27N5O2S/c1-24(2)19-7-5-6-8-20(19)28(3)21(24)14-17(30)15-32-23-27-26-22(29(23)25)13-16-9-11-18(31-4)12-10-16/h5-12,14H,13,15,25H2,1-4H3/b21-14+. The number of fused-ring (bicyclic) bond motifs is 1. The number of ketones is 1. The molecule has 0 amide bonds. The lowest BCUT2D eigenvalue weighted by Gasteiger charge is -2.23. The van der Waals surface area contributed by atoms with Gasteiger partial charge >= 0.3 is 0 Å². The number of rotatable bonds is 7. The van der Waals surface area contributed by atoms with E-state index in [0.29, 0.717) is 17.4 Å². The molecule has 2 N–H and O–H groups in total. The molecular weight excluding hydrogens is 422 g/mol. The topological polar surface area (TPSA) is 86.3 Å². The van der Waals surface area contributed by atoms with Crippen LogP contribution in [0.4, 0.5) is 5.69 Å². The van der Waals surface area contributed by atoms with Gasteiger partial charge in [-0.15, -0.1) is 10.2 Å². The number of hydrogen-bond acceptors (Lipinski definition) is 7. The molecule has 32 heavy (non-hydrogen) atoms. The van der Waals surface area contributed by atoms with Crippen molar-refractivity contribution < 1.29 is 9.53 Å². The summed E-state index contributed by atoms with van der Waals surface area (Å²) in [5.74, 6) is 7.87. The number of nitrogens with zero attached hydrogens (tertiary/aromatic N) is 4. The Bertz CT molecular complexity index is 1170. The van der Waals surface area contributed by atoms with Crippen LogP contribution in [-0.2, 0) is 16.6 Å². The van der Waals surface area contributed by atoms with Gasteiger partial charge in [-0.3, -0.25) is 4.79 Å². The summed E-state index contributed by atoms with van der Waals surface area (Å²) in [5, 5.41) is 8.88. The van der Waals surface area contributed by atoms with Gasteiger partial charge in [-0.25, -0.2) is 4.68 Å². The lowest BCUT2D eigenvalue weighted by atomic mass is 9.83. The van der Waals surface area contributed by atoms with Gasteiger partial charge in [-0.1, -0.05) is 55.9 Å². The Morgan fingerprint density at radius 1 is 1.16 bits per heavy atom. The smallest absolute Gasteiger partial charge is 0.210 e. The fourth-order valence-corrected chi connectivity index (χ4v) is 4.74. The largest absolute Gasteiger partial charge is 0.497 e. The number of aromatic nitrogens is 3. The zero-order valence-corrected chi connectivity index (χ0v) is 19.5. The van der Waals surface area contributed by atoms with Crippen LogP contribution in [0.3, 0.4) is 0 Å². The molecule has 0 spiro atoms. The average Bonchev–Trinajstić information content (AvgIpc) is 3.23. The Kier molecular flexibility index (Phi) is 5.97. The summed E-state index contributed by atoms with van der Waals surface area (Å²) in [7, 11) is 3.64. The van der Waals surface area contributed by atoms with Crippen LogP contribution in [-0.4, -0.2) is 40.6 Å². The molecule has 0 aliphatic carbocycles. The lowest BCUT2D eigenvalue weighted by Crippen LogP contribution is -2.24. The van der Waals surface area contributed by atoms with E-state index in [-0.39, 0.29) is 17.0 Å². The Labute approximate surface area is 192 Å². The number of anilines is 1. The molecule has 1 aliphatic heterocycles. The van der Waals surface area contributed by atoms with Gasteiger partial charge < -0.3 is 15.5 Å². The van der Waals surface area contributed by atoms with E-state index >= 15 is 0 Å². The molecule has 2 heterocycles. The SMILES string of the molecule is COc1ccc(Cc2nnc(SCC(=O)/C=C3/N(C)c4ccccc4C3(C)C)n2N)cc1. The highest BCUT2D eigenvalue weighted by atomic mass is 32.2. The third kappa shape index (κ3) is 4.10. The maximum Gasteiger partial charge on any atom is 0.210 e. The number of allylic oxidation sites excluding steroid dienone is 2. The second kappa shape index (κ2) is 8.70. The summed E-state index contributed by atoms with van der Waals surface area (Å²) < 4.78 is 6.64. The van der Waals surface area contributed by atoms with Crippen molar-refractivity contribution in [2.24, 2.45) is 0 Å². The van der Waals surface area contributed by atoms with Crippen LogP contribution in [0.5, 0.6) is 5.75 Å². The molecule has 0 bridgehead atoms. The first kappa shape index (κ1) is 22.0. The molecule has 0 fully saturated rings. The molecule has 166 valence electrons. The fourth-order valence-electron chi connectivity index (χ4n) is 4.04. The quantitative estimate of drug-likeness (QED) is 0.335. The average molecular weight is 450 g/mol. The number of nitrogens with two attached hydrogens (primary N) is 1. The first-order valence-corrected chi connectivity index (χ1v) is 11.3. The van der Waals surface area contributed by atoms with Gasteiger partial charge in [0.2, 0.25) is 5.16 Å². The van der Waals surface area contributed by atoms with Crippen molar-refractivity contribution in [1.29, 1.82) is 0 Å². The second-order valence-electron chi connectivity index (χ2n) is 8.28. The Balaban J connectivity index is 1.42. The highest BCUT2D eigenvalue weighted by molar-refractivity contribution is 7.99. The van der Waals surface area contributed by atoms with Crippen LogP contribution >= 0.6 is 11.8 Å². The predicted octanol–water partition coefficient (Wildman–Crippen LogP) is 3.56. The van der Waals surface area contributed by atoms with E-state index in [9.17, 15) is 4.79 Å². The van der Waals surface area contributed by atoms with Gasteiger partial charge in [0, 0.05) is 36.3 Å². The van der Waals surface area contributed by atoms with Crippen LogP contribution in [0.15, 0.2) is 65.5 Å². The van der Waals surface area contributed by atoms with Gasteiger partial charge in [-0.05, 0) is 29.3 Å². The molecule has 2 aromatic carbocycles. The van der Waals surface area contributed by atoms with E-state index in [1.807, 2.05) is 43.4 Å². The summed E-state index contributed by atoms with van der Waals surface area (Å²) in [4.78, 5) is 14.9. The number of thioether (sulfide) groups is 1. The molecule has 0 atom stereocenters. The minimum Gasteiger partial charge on any atom is -0.497 e. The summed E-state index contributed by atoms with van der Waals surface area (Å²) in [6, 6.07) is 16.0. The van der Waals surface area contributed by atoms with Gasteiger partial charge in [0.25, 0.3) is 0 Å². The maximum atomic E-state index is 12.8. The number of nitrogen functional groups attached to an aromatic ring is 1. The van der Waals surface area contributed by atoms with E-state index in [2.05, 4.69) is 41.1 Å². The molecule has 7 nitrogen and oxygen atoms in total. The first-order valence-electron chi connectivity index (χ1n) is 10.3. The zero-order valence-electron chi connectivity index (χ0n) is 18.7. The van der Waals surface area contributed by atoms with E-state index in [4.69, 9.17) is 10.6 Å². The van der Waals surface area contributed by atoms with E-state index in [1.165, 1.54) is 22.0 Å². The van der Waals surface area contributed by atoms with Crippen molar-refractivity contribution in [3.05, 3.63) is 77.3 Å². The van der Waals surface area contributed by atoms with Crippen molar-refractivity contribution in [1.82, 2.24) is 14.9 Å². The molecule has 8 heteroatoms. The molecular formula is C24H27N5O2S. The van der Waals surface area contributed by atoms with Crippen molar-refractivity contribution in [3.63, 3.8) is 0 Å². The van der Waals surface area contributed by atoms with Gasteiger partial charge in [-0.2, -0.15) is 0 Å². The minimum atomic E-state index is -0.231. The molecule has 3 aromatic rings. The number of carbonyl (C=O) groups is 1. The van der Waals surface area contributed by atoms with Crippen LogP contribution in [0, 0.1) is 0 Å². The molecule has 1 aliphatic rings. The summed E-state index contributed by atoms with van der Waals surface area (Å²) in [5.41, 5.74) is 4.16. The number of carbonyl (C=O) groups excluding carboxylic acids is 1. The summed E-state index contributed by atoms with van der Waals surface area (Å²) in [6.07, 6.45) is 2.28. The van der Waals surface area contributed by atoms with Gasteiger partial charge in [0.05, 0.1) is 12.9 Å². The van der Waals surface area contributed by atoms with Crippen LogP contribution in [0.25, 0.3) is 0 Å². The monoisotopic (exact) mass is 449 g/mol. The molecule has 0 unspecified atom stereocenters. The van der Waals surface area contributed by atoms with Crippen molar-refractivity contribution in [3.8, 4) is 5.75 Å². The third-order valence-electron chi connectivity index (χ3n) is 5.84. The number of ether oxygens (including phenoxy) is 1. The number of para-hydroxylation sites is 1. The number of hydrogen-bond donors (Lipinski definition) is 1. The predicted molar refractivity (Wildman–Crippen MR) is 128 cm³/mol. The van der Waals surface area contributed by atoms with Gasteiger partial charge in [0.15, 0.2) is 11.6 Å². The Morgan fingerprint density at radius 2 is 1.88 bits per heavy atom. The van der Waals surface area contributed by atoms with E-state index in [0.717, 1.165) is 22.7 Å². The second-order valence-corrected chi connectivity index (χ2v) is 9.22. The van der Waals surface area contributed by atoms with Crippen LogP contribution in [0.2, 0.25) is 0 Å². The van der Waals surface area contributed by atoms with E-state index in [1.54, 1.807) is 13.2 Å². The number of benzene rings is 2. The lowest BCUT2D eigenvalue weighted by molar-refractivity contribution is -0.112. The zero-order chi connectivity index (χ0) is 22.9. The van der Waals surface area contributed by atoms with Crippen molar-refractivity contribution in [2.45, 2.75) is 30.8 Å². The fraction of sp³-hybridized carbons (Fsp3) is 0.292. The highest BCUT2D eigenvalue weighted by Crippen LogP contribution is 2.46. The van der Waals surface area contributed by atoms with Crippen molar-refractivity contribution >= 4 is 23.2 Å². The van der Waals surface area contributed by atoms with Crippen molar-refractivity contribution in [2.75, 3.05) is 30.7 Å². The molecule has 0 saturated carbocycles. The minimum absolute atomic E-state index is 0.0115. The number of likely N-dealkylation sites (N-methyl/N-ethyl adjacent to an activating group) is 1. The molecule has 1 aromatic heterocycles. The third-order valence-corrected chi connectivity index (χ3v) is 6.80. The van der Waals surface area contributed by atoms with Crippen LogP contribution < -0.4 is 15.5 Å². The Hall–Kier alpha value is -3.26. The normalized spacial score (nSPS) is 15.8. The van der Waals surface area contributed by atoms with E-state index < -0.39 is 0 Å². The summed E-state index contributed by atoms with van der Waals surface area (Å²) >= 11 is 1.29. The maximum absolute atomic E-state index is 12.8. The number of methoxy groups -OCH3 is 1. The molecule has 0 saturated heterocycles. The molecule has 0 radical (unpaired) electrons. The molecule has 4 rings (SSSR count). The van der Waals surface area contributed by atoms with Crippen LogP contribution in [0.1, 0.15) is 30.8 Å². The Morgan fingerprint density at radius 3 is 2.56 bits per heavy atom. The summed E-state index contributed by atoms with van der Waals surface area (Å²) in [6.45, 7) is 4.28. The first-order chi connectivity index (χ1) is 15.3.